The number of benzene rings is 2. The second-order valence-corrected chi connectivity index (χ2v) is 6.66. The second kappa shape index (κ2) is 6.35. The van der Waals surface area contributed by atoms with E-state index in [1.165, 1.54) is 0 Å². The molecule has 0 aliphatic heterocycles. The molecule has 0 spiro atoms. The SMILES string of the molecule is Cc1ccc(-n2c(Cl)cc3[nH]c(=O)c(-c4cccc(C#N)c4)c(O)c32)cc1. The summed E-state index contributed by atoms with van der Waals surface area (Å²) in [5, 5.41) is 20.5. The van der Waals surface area contributed by atoms with Crippen LogP contribution in [0.4, 0.5) is 0 Å². The number of aryl methyl sites for hydroxylation is 1. The Morgan fingerprint density at radius 1 is 1.15 bits per heavy atom. The minimum absolute atomic E-state index is 0.0997. The summed E-state index contributed by atoms with van der Waals surface area (Å²) in [6, 6.07) is 17.9. The Hall–Kier alpha value is -3.49. The van der Waals surface area contributed by atoms with Crippen LogP contribution >= 0.6 is 11.6 Å². The molecule has 27 heavy (non-hydrogen) atoms. The van der Waals surface area contributed by atoms with Gasteiger partial charge in [-0.25, -0.2) is 0 Å². The van der Waals surface area contributed by atoms with E-state index >= 15 is 0 Å². The number of pyridine rings is 1. The van der Waals surface area contributed by atoms with Crippen LogP contribution in [-0.4, -0.2) is 14.7 Å². The third kappa shape index (κ3) is 2.77. The molecule has 2 N–H and O–H groups in total. The number of nitrogens with one attached hydrogen (secondary N) is 1. The number of rotatable bonds is 2. The molecule has 2 aromatic heterocycles. The first-order valence-corrected chi connectivity index (χ1v) is 8.61. The average Bonchev–Trinajstić information content (AvgIpc) is 2.98. The fourth-order valence-electron chi connectivity index (χ4n) is 3.18. The van der Waals surface area contributed by atoms with Crippen LogP contribution < -0.4 is 5.56 Å². The van der Waals surface area contributed by atoms with Crippen LogP contribution in [0.25, 0.3) is 27.8 Å². The van der Waals surface area contributed by atoms with Crippen molar-refractivity contribution in [3.63, 3.8) is 0 Å². The van der Waals surface area contributed by atoms with Crippen LogP contribution in [0.1, 0.15) is 11.1 Å². The minimum atomic E-state index is -0.451. The van der Waals surface area contributed by atoms with E-state index in [9.17, 15) is 9.90 Å². The van der Waals surface area contributed by atoms with Crippen molar-refractivity contribution in [1.82, 2.24) is 9.55 Å². The van der Waals surface area contributed by atoms with Crippen molar-refractivity contribution in [2.75, 3.05) is 0 Å². The standard InChI is InChI=1S/C21H14ClN3O2/c1-12-5-7-15(8-6-12)25-17(22)10-16-19(25)20(26)18(21(27)24-16)14-4-2-3-13(9-14)11-23/h2-10H,1H3,(H2,24,26,27). The van der Waals surface area contributed by atoms with Gasteiger partial charge in [0, 0.05) is 5.69 Å². The quantitative estimate of drug-likeness (QED) is 0.540. The summed E-state index contributed by atoms with van der Waals surface area (Å²) >= 11 is 6.40. The topological polar surface area (TPSA) is 81.8 Å². The smallest absolute Gasteiger partial charge is 0.260 e. The molecule has 132 valence electrons. The van der Waals surface area contributed by atoms with E-state index in [1.54, 1.807) is 34.9 Å². The molecule has 0 atom stereocenters. The first-order chi connectivity index (χ1) is 13.0. The lowest BCUT2D eigenvalue weighted by molar-refractivity contribution is 0.480. The number of aromatic hydroxyl groups is 1. The molecule has 0 saturated carbocycles. The van der Waals surface area contributed by atoms with Crippen LogP contribution in [0.15, 0.2) is 59.4 Å². The summed E-state index contributed by atoms with van der Waals surface area (Å²) < 4.78 is 1.68. The van der Waals surface area contributed by atoms with Crippen molar-refractivity contribution in [3.8, 4) is 28.6 Å². The van der Waals surface area contributed by atoms with E-state index in [4.69, 9.17) is 16.9 Å². The zero-order valence-corrected chi connectivity index (χ0v) is 15.1. The number of halogens is 1. The molecule has 0 bridgehead atoms. The number of fused-ring (bicyclic) bond motifs is 1. The Morgan fingerprint density at radius 3 is 2.59 bits per heavy atom. The van der Waals surface area contributed by atoms with Gasteiger partial charge in [0.25, 0.3) is 5.56 Å². The first-order valence-electron chi connectivity index (χ1n) is 8.23. The van der Waals surface area contributed by atoms with Crippen LogP contribution in [-0.2, 0) is 0 Å². The maximum absolute atomic E-state index is 12.6. The first kappa shape index (κ1) is 17.0. The van der Waals surface area contributed by atoms with Gasteiger partial charge in [-0.15, -0.1) is 0 Å². The molecule has 4 aromatic rings. The van der Waals surface area contributed by atoms with Crippen molar-refractivity contribution in [3.05, 3.63) is 81.2 Å². The number of hydrogen-bond acceptors (Lipinski definition) is 3. The third-order valence-electron chi connectivity index (χ3n) is 4.46. The predicted octanol–water partition coefficient (Wildman–Crippen LogP) is 4.52. The lowest BCUT2D eigenvalue weighted by Crippen LogP contribution is -2.10. The highest BCUT2D eigenvalue weighted by molar-refractivity contribution is 6.31. The third-order valence-corrected chi connectivity index (χ3v) is 4.74. The molecule has 0 aliphatic rings. The van der Waals surface area contributed by atoms with Gasteiger partial charge in [0.1, 0.15) is 10.7 Å². The molecule has 2 heterocycles. The van der Waals surface area contributed by atoms with Crippen molar-refractivity contribution in [2.24, 2.45) is 0 Å². The Labute approximate surface area is 159 Å². The summed E-state index contributed by atoms with van der Waals surface area (Å²) in [5.41, 5.74) is 3.21. The van der Waals surface area contributed by atoms with Gasteiger partial charge in [0.15, 0.2) is 5.75 Å². The van der Waals surface area contributed by atoms with Gasteiger partial charge >= 0.3 is 0 Å². The number of nitriles is 1. The predicted molar refractivity (Wildman–Crippen MR) is 105 cm³/mol. The minimum Gasteiger partial charge on any atom is -0.505 e. The highest BCUT2D eigenvalue weighted by Gasteiger charge is 2.20. The molecule has 4 rings (SSSR count). The van der Waals surface area contributed by atoms with E-state index in [1.807, 2.05) is 37.3 Å². The van der Waals surface area contributed by atoms with E-state index in [-0.39, 0.29) is 11.3 Å². The zero-order chi connectivity index (χ0) is 19.1. The molecule has 0 fully saturated rings. The Kier molecular flexibility index (Phi) is 3.98. The van der Waals surface area contributed by atoms with Gasteiger partial charge in [-0.3, -0.25) is 9.36 Å². The van der Waals surface area contributed by atoms with Gasteiger partial charge < -0.3 is 10.1 Å². The van der Waals surface area contributed by atoms with Crippen molar-refractivity contribution in [1.29, 1.82) is 5.26 Å². The van der Waals surface area contributed by atoms with E-state index in [0.717, 1.165) is 11.3 Å². The molecular formula is C21H14ClN3O2. The van der Waals surface area contributed by atoms with Crippen molar-refractivity contribution >= 4 is 22.6 Å². The number of H-pyrrole nitrogens is 1. The Morgan fingerprint density at radius 2 is 1.89 bits per heavy atom. The lowest BCUT2D eigenvalue weighted by atomic mass is 10.0. The Bertz CT molecular complexity index is 1280. The van der Waals surface area contributed by atoms with Crippen LogP contribution in [0.2, 0.25) is 5.15 Å². The molecule has 0 aliphatic carbocycles. The van der Waals surface area contributed by atoms with Crippen LogP contribution in [0.5, 0.6) is 5.75 Å². The summed E-state index contributed by atoms with van der Waals surface area (Å²) in [6.45, 7) is 1.98. The molecule has 0 saturated heterocycles. The van der Waals surface area contributed by atoms with Crippen LogP contribution in [0, 0.1) is 18.3 Å². The number of aromatic nitrogens is 2. The van der Waals surface area contributed by atoms with Gasteiger partial charge in [-0.05, 0) is 42.8 Å². The van der Waals surface area contributed by atoms with Gasteiger partial charge in [-0.1, -0.05) is 41.4 Å². The van der Waals surface area contributed by atoms with E-state index < -0.39 is 5.56 Å². The van der Waals surface area contributed by atoms with E-state index in [0.29, 0.717) is 27.3 Å². The molecule has 0 amide bonds. The summed E-state index contributed by atoms with van der Waals surface area (Å²) in [7, 11) is 0. The fraction of sp³-hybridized carbons (Fsp3) is 0.0476. The van der Waals surface area contributed by atoms with Crippen molar-refractivity contribution in [2.45, 2.75) is 6.92 Å². The lowest BCUT2D eigenvalue weighted by Gasteiger charge is -2.11. The summed E-state index contributed by atoms with van der Waals surface area (Å²) in [4.78, 5) is 15.4. The largest absolute Gasteiger partial charge is 0.505 e. The summed E-state index contributed by atoms with van der Waals surface area (Å²) in [5.74, 6) is -0.184. The molecule has 0 unspecified atom stereocenters. The Balaban J connectivity index is 2.06. The van der Waals surface area contributed by atoms with E-state index in [2.05, 4.69) is 4.98 Å². The maximum Gasteiger partial charge on any atom is 0.260 e. The average molecular weight is 376 g/mol. The molecule has 2 aromatic carbocycles. The fourth-order valence-corrected chi connectivity index (χ4v) is 3.47. The number of nitrogens with zero attached hydrogens (tertiary/aromatic N) is 2. The number of hydrogen-bond donors (Lipinski definition) is 2. The summed E-state index contributed by atoms with van der Waals surface area (Å²) in [6.07, 6.45) is 0. The number of aromatic amines is 1. The maximum atomic E-state index is 12.6. The normalized spacial score (nSPS) is 10.9. The van der Waals surface area contributed by atoms with Gasteiger partial charge in [0.05, 0.1) is 22.7 Å². The highest BCUT2D eigenvalue weighted by atomic mass is 35.5. The molecular weight excluding hydrogens is 362 g/mol. The monoisotopic (exact) mass is 375 g/mol. The van der Waals surface area contributed by atoms with Gasteiger partial charge in [-0.2, -0.15) is 5.26 Å². The molecule has 6 heteroatoms. The zero-order valence-electron chi connectivity index (χ0n) is 14.3. The van der Waals surface area contributed by atoms with Gasteiger partial charge in [0.2, 0.25) is 0 Å². The molecule has 0 radical (unpaired) electrons. The van der Waals surface area contributed by atoms with Crippen molar-refractivity contribution < 1.29 is 5.11 Å². The second-order valence-electron chi connectivity index (χ2n) is 6.27. The molecule has 5 nitrogen and oxygen atoms in total. The highest BCUT2D eigenvalue weighted by Crippen LogP contribution is 2.37. The van der Waals surface area contributed by atoms with Crippen LogP contribution in [0.3, 0.4) is 0 Å².